The molecule has 1 saturated carbocycles. The third-order valence-electron chi connectivity index (χ3n) is 4.12. The Morgan fingerprint density at radius 3 is 2.60 bits per heavy atom. The van der Waals surface area contributed by atoms with Crippen molar-refractivity contribution in [3.63, 3.8) is 0 Å². The summed E-state index contributed by atoms with van der Waals surface area (Å²) in [6, 6.07) is 7.69. The van der Waals surface area contributed by atoms with Gasteiger partial charge in [0.25, 0.3) is 0 Å². The van der Waals surface area contributed by atoms with Crippen molar-refractivity contribution in [3.05, 3.63) is 34.3 Å². The number of hydrogen-bond donors (Lipinski definition) is 1. The Labute approximate surface area is 129 Å². The molecule has 2 rings (SSSR count). The van der Waals surface area contributed by atoms with Crippen molar-refractivity contribution in [1.29, 1.82) is 0 Å². The van der Waals surface area contributed by atoms with E-state index in [1.807, 2.05) is 31.3 Å². The molecule has 0 saturated heterocycles. The first-order valence-corrected chi connectivity index (χ1v) is 8.04. The normalized spacial score (nSPS) is 23.0. The van der Waals surface area contributed by atoms with Gasteiger partial charge in [-0.25, -0.2) is 0 Å². The van der Waals surface area contributed by atoms with Crippen LogP contribution in [0, 0.1) is 0 Å². The Kier molecular flexibility index (Phi) is 5.75. The summed E-state index contributed by atoms with van der Waals surface area (Å²) in [6.45, 7) is 0.705. The minimum Gasteiger partial charge on any atom is -0.391 e. The van der Waals surface area contributed by atoms with Gasteiger partial charge in [-0.05, 0) is 32.0 Å². The zero-order valence-electron chi connectivity index (χ0n) is 11.9. The standard InChI is InChI=1S/C16H22BrNO2/c1-18(14-4-2-3-5-16(14)20)11-10-15(19)12-6-8-13(17)9-7-12/h6-9,14,16,20H,2-5,10-11H2,1H3. The van der Waals surface area contributed by atoms with E-state index in [4.69, 9.17) is 0 Å². The smallest absolute Gasteiger partial charge is 0.164 e. The Balaban J connectivity index is 1.84. The van der Waals surface area contributed by atoms with Crippen LogP contribution in [0.1, 0.15) is 42.5 Å². The number of halogens is 1. The van der Waals surface area contributed by atoms with Crippen LogP contribution in [0.25, 0.3) is 0 Å². The summed E-state index contributed by atoms with van der Waals surface area (Å²) in [5.41, 5.74) is 0.755. The highest BCUT2D eigenvalue weighted by Crippen LogP contribution is 2.22. The topological polar surface area (TPSA) is 40.5 Å². The average Bonchev–Trinajstić information content (AvgIpc) is 2.45. The van der Waals surface area contributed by atoms with Crippen molar-refractivity contribution in [2.24, 2.45) is 0 Å². The highest BCUT2D eigenvalue weighted by Gasteiger charge is 2.26. The lowest BCUT2D eigenvalue weighted by atomic mass is 9.91. The van der Waals surface area contributed by atoms with Gasteiger partial charge in [-0.3, -0.25) is 4.79 Å². The van der Waals surface area contributed by atoms with Crippen LogP contribution >= 0.6 is 15.9 Å². The van der Waals surface area contributed by atoms with Crippen molar-refractivity contribution >= 4 is 21.7 Å². The molecular weight excluding hydrogens is 318 g/mol. The molecule has 0 aliphatic heterocycles. The Morgan fingerprint density at radius 2 is 1.95 bits per heavy atom. The molecule has 1 aromatic carbocycles. The van der Waals surface area contributed by atoms with Gasteiger partial charge in [0.1, 0.15) is 0 Å². The summed E-state index contributed by atoms with van der Waals surface area (Å²) in [7, 11) is 2.01. The van der Waals surface area contributed by atoms with E-state index in [0.29, 0.717) is 13.0 Å². The minimum atomic E-state index is -0.239. The number of rotatable bonds is 5. The number of ketones is 1. The number of carbonyl (C=O) groups is 1. The number of hydrogen-bond acceptors (Lipinski definition) is 3. The zero-order valence-corrected chi connectivity index (χ0v) is 13.5. The van der Waals surface area contributed by atoms with Gasteiger partial charge in [0.05, 0.1) is 6.10 Å². The van der Waals surface area contributed by atoms with Gasteiger partial charge >= 0.3 is 0 Å². The summed E-state index contributed by atoms with van der Waals surface area (Å²) >= 11 is 3.37. The van der Waals surface area contributed by atoms with Crippen molar-refractivity contribution < 1.29 is 9.90 Å². The van der Waals surface area contributed by atoms with Gasteiger partial charge in [0, 0.05) is 29.0 Å². The molecule has 0 heterocycles. The number of carbonyl (C=O) groups excluding carboxylic acids is 1. The maximum absolute atomic E-state index is 12.1. The third-order valence-corrected chi connectivity index (χ3v) is 4.65. The molecule has 0 aromatic heterocycles. The van der Waals surface area contributed by atoms with Crippen molar-refractivity contribution in [2.45, 2.75) is 44.2 Å². The van der Waals surface area contributed by atoms with Crippen molar-refractivity contribution in [1.82, 2.24) is 4.90 Å². The highest BCUT2D eigenvalue weighted by molar-refractivity contribution is 9.10. The van der Waals surface area contributed by atoms with Crippen LogP contribution < -0.4 is 0 Å². The predicted molar refractivity (Wildman–Crippen MR) is 84.0 cm³/mol. The van der Waals surface area contributed by atoms with E-state index in [1.54, 1.807) is 0 Å². The van der Waals surface area contributed by atoms with Gasteiger partial charge in [-0.2, -0.15) is 0 Å². The second kappa shape index (κ2) is 7.34. The number of aliphatic hydroxyl groups excluding tert-OH is 1. The van der Waals surface area contributed by atoms with Crippen LogP contribution in [0.4, 0.5) is 0 Å². The molecule has 1 N–H and O–H groups in total. The first kappa shape index (κ1) is 15.7. The number of benzene rings is 1. The molecule has 1 aliphatic carbocycles. The van der Waals surface area contributed by atoms with E-state index in [0.717, 1.165) is 29.3 Å². The fraction of sp³-hybridized carbons (Fsp3) is 0.562. The number of likely N-dealkylation sites (N-methyl/N-ethyl adjacent to an activating group) is 1. The Bertz CT molecular complexity index is 446. The van der Waals surface area contributed by atoms with Crippen molar-refractivity contribution in [2.75, 3.05) is 13.6 Å². The molecule has 1 fully saturated rings. The molecule has 3 nitrogen and oxygen atoms in total. The molecule has 1 aromatic rings. The van der Waals surface area contributed by atoms with E-state index in [-0.39, 0.29) is 17.9 Å². The van der Waals surface area contributed by atoms with Crippen LogP contribution in [0.5, 0.6) is 0 Å². The first-order chi connectivity index (χ1) is 9.58. The average molecular weight is 340 g/mol. The van der Waals surface area contributed by atoms with Crippen LogP contribution in [-0.2, 0) is 0 Å². The Hall–Kier alpha value is -0.710. The van der Waals surface area contributed by atoms with Crippen LogP contribution in [-0.4, -0.2) is 41.5 Å². The highest BCUT2D eigenvalue weighted by atomic mass is 79.9. The largest absolute Gasteiger partial charge is 0.391 e. The number of aliphatic hydroxyl groups is 1. The second-order valence-electron chi connectivity index (χ2n) is 5.58. The quantitative estimate of drug-likeness (QED) is 0.837. The third kappa shape index (κ3) is 4.14. The lowest BCUT2D eigenvalue weighted by Crippen LogP contribution is -2.44. The SMILES string of the molecule is CN(CCC(=O)c1ccc(Br)cc1)C1CCCCC1O. The van der Waals surface area contributed by atoms with E-state index in [2.05, 4.69) is 20.8 Å². The van der Waals surface area contributed by atoms with Crippen LogP contribution in [0.2, 0.25) is 0 Å². The van der Waals surface area contributed by atoms with Gasteiger partial charge in [0.2, 0.25) is 0 Å². The van der Waals surface area contributed by atoms with Gasteiger partial charge < -0.3 is 10.0 Å². The zero-order chi connectivity index (χ0) is 14.5. The molecule has 4 heteroatoms. The van der Waals surface area contributed by atoms with E-state index >= 15 is 0 Å². The molecule has 110 valence electrons. The predicted octanol–water partition coefficient (Wildman–Crippen LogP) is 3.26. The van der Waals surface area contributed by atoms with E-state index < -0.39 is 0 Å². The molecule has 2 atom stereocenters. The van der Waals surface area contributed by atoms with Gasteiger partial charge in [-0.1, -0.05) is 40.9 Å². The molecule has 20 heavy (non-hydrogen) atoms. The summed E-state index contributed by atoms with van der Waals surface area (Å²) in [5.74, 6) is 0.162. The molecule has 0 amide bonds. The van der Waals surface area contributed by atoms with E-state index in [9.17, 15) is 9.90 Å². The van der Waals surface area contributed by atoms with Crippen LogP contribution in [0.3, 0.4) is 0 Å². The molecular formula is C16H22BrNO2. The Morgan fingerprint density at radius 1 is 1.30 bits per heavy atom. The van der Waals surface area contributed by atoms with Crippen LogP contribution in [0.15, 0.2) is 28.7 Å². The molecule has 2 unspecified atom stereocenters. The molecule has 0 radical (unpaired) electrons. The fourth-order valence-corrected chi connectivity index (χ4v) is 3.09. The monoisotopic (exact) mass is 339 g/mol. The van der Waals surface area contributed by atoms with E-state index in [1.165, 1.54) is 6.42 Å². The second-order valence-corrected chi connectivity index (χ2v) is 6.50. The maximum atomic E-state index is 12.1. The molecule has 0 bridgehead atoms. The number of Topliss-reactive ketones (excluding diaryl/α,β-unsaturated/α-hetero) is 1. The summed E-state index contributed by atoms with van der Waals surface area (Å²) < 4.78 is 0.983. The molecule has 1 aliphatic rings. The van der Waals surface area contributed by atoms with Gasteiger partial charge in [-0.15, -0.1) is 0 Å². The summed E-state index contributed by atoms with van der Waals surface area (Å²) in [4.78, 5) is 14.3. The number of nitrogens with zero attached hydrogens (tertiary/aromatic N) is 1. The lowest BCUT2D eigenvalue weighted by Gasteiger charge is -2.35. The summed E-state index contributed by atoms with van der Waals surface area (Å²) in [5, 5.41) is 10.0. The molecule has 0 spiro atoms. The summed E-state index contributed by atoms with van der Waals surface area (Å²) in [6.07, 6.45) is 4.47. The van der Waals surface area contributed by atoms with Crippen molar-refractivity contribution in [3.8, 4) is 0 Å². The fourth-order valence-electron chi connectivity index (χ4n) is 2.83. The van der Waals surface area contributed by atoms with Gasteiger partial charge in [0.15, 0.2) is 5.78 Å². The lowest BCUT2D eigenvalue weighted by molar-refractivity contribution is 0.0315. The maximum Gasteiger partial charge on any atom is 0.164 e. The minimum absolute atomic E-state index is 0.162. The first-order valence-electron chi connectivity index (χ1n) is 7.25.